The Morgan fingerprint density at radius 1 is 0.842 bits per heavy atom. The van der Waals surface area contributed by atoms with Crippen LogP contribution in [0.1, 0.15) is 71.3 Å². The van der Waals surface area contributed by atoms with Gasteiger partial charge in [0.2, 0.25) is 0 Å². The van der Waals surface area contributed by atoms with E-state index < -0.39 is 0 Å². The summed E-state index contributed by atoms with van der Waals surface area (Å²) < 4.78 is 0. The molecule has 0 heterocycles. The zero-order valence-corrected chi connectivity index (χ0v) is 13.0. The minimum atomic E-state index is 0.0868. The summed E-state index contributed by atoms with van der Waals surface area (Å²) in [5, 5.41) is 3.68. The molecule has 0 radical (unpaired) electrons. The summed E-state index contributed by atoms with van der Waals surface area (Å²) in [5.41, 5.74) is 1.46. The van der Waals surface area contributed by atoms with Crippen LogP contribution in [0.3, 0.4) is 0 Å². The van der Waals surface area contributed by atoms with Crippen molar-refractivity contribution in [3.63, 3.8) is 0 Å². The van der Waals surface area contributed by atoms with Crippen LogP contribution >= 0.6 is 0 Å². The molecule has 0 aliphatic heterocycles. The third-order valence-electron chi connectivity index (χ3n) is 3.84. The third kappa shape index (κ3) is 6.77. The summed E-state index contributed by atoms with van der Waals surface area (Å²) in [4.78, 5) is 0. The van der Waals surface area contributed by atoms with E-state index in [1.807, 2.05) is 0 Å². The van der Waals surface area contributed by atoms with Gasteiger partial charge >= 0.3 is 0 Å². The Hall–Kier alpha value is -0.820. The zero-order valence-electron chi connectivity index (χ0n) is 13.0. The molecular formula is C18H31N. The van der Waals surface area contributed by atoms with E-state index in [9.17, 15) is 0 Å². The average Bonchev–Trinajstić information content (AvgIpc) is 2.43. The summed E-state index contributed by atoms with van der Waals surface area (Å²) in [6.45, 7) is 7.93. The minimum Gasteiger partial charge on any atom is -0.308 e. The molecule has 1 N–H and O–H groups in total. The Morgan fingerprint density at radius 2 is 1.42 bits per heavy atom. The first-order valence-electron chi connectivity index (χ1n) is 7.97. The second-order valence-electron chi connectivity index (χ2n) is 6.04. The molecule has 0 atom stereocenters. The van der Waals surface area contributed by atoms with Gasteiger partial charge in [0.1, 0.15) is 0 Å². The summed E-state index contributed by atoms with van der Waals surface area (Å²) in [6, 6.07) is 10.7. The highest BCUT2D eigenvalue weighted by Gasteiger charge is 2.18. The van der Waals surface area contributed by atoms with E-state index in [1.54, 1.807) is 0 Å². The summed E-state index contributed by atoms with van der Waals surface area (Å²) in [7, 11) is 0. The lowest BCUT2D eigenvalue weighted by Crippen LogP contribution is -2.37. The highest BCUT2D eigenvalue weighted by Crippen LogP contribution is 2.19. The van der Waals surface area contributed by atoms with Gasteiger partial charge in [-0.05, 0) is 32.4 Å². The van der Waals surface area contributed by atoms with Crippen molar-refractivity contribution in [1.29, 1.82) is 0 Å². The van der Waals surface area contributed by atoms with Crippen molar-refractivity contribution in [1.82, 2.24) is 5.32 Å². The molecular weight excluding hydrogens is 230 g/mol. The van der Waals surface area contributed by atoms with Gasteiger partial charge in [0.05, 0.1) is 0 Å². The second kappa shape index (κ2) is 9.14. The van der Waals surface area contributed by atoms with Gasteiger partial charge in [-0.3, -0.25) is 0 Å². The number of unbranched alkanes of at least 4 members (excludes halogenated alkanes) is 6. The molecule has 1 rings (SSSR count). The molecule has 0 bridgehead atoms. The lowest BCUT2D eigenvalue weighted by Gasteiger charge is -2.27. The summed E-state index contributed by atoms with van der Waals surface area (Å²) in [6.07, 6.45) is 9.62. The van der Waals surface area contributed by atoms with E-state index in [4.69, 9.17) is 0 Å². The Labute approximate surface area is 119 Å². The van der Waals surface area contributed by atoms with Crippen molar-refractivity contribution in [2.45, 2.75) is 71.3 Å². The van der Waals surface area contributed by atoms with Gasteiger partial charge < -0.3 is 5.32 Å². The van der Waals surface area contributed by atoms with E-state index in [0.717, 1.165) is 6.54 Å². The highest BCUT2D eigenvalue weighted by molar-refractivity contribution is 5.22. The zero-order chi connectivity index (χ0) is 14.0. The highest BCUT2D eigenvalue weighted by atomic mass is 14.9. The second-order valence-corrected chi connectivity index (χ2v) is 6.04. The summed E-state index contributed by atoms with van der Waals surface area (Å²) >= 11 is 0. The Morgan fingerprint density at radius 3 is 2.05 bits per heavy atom. The SMILES string of the molecule is CCCCCCCCCNC(C)(C)c1ccccc1. The molecule has 1 nitrogen and oxygen atoms in total. The quantitative estimate of drug-likeness (QED) is 0.566. The first-order valence-corrected chi connectivity index (χ1v) is 7.97. The van der Waals surface area contributed by atoms with Gasteiger partial charge in [0.15, 0.2) is 0 Å². The fourth-order valence-electron chi connectivity index (χ4n) is 2.44. The van der Waals surface area contributed by atoms with Crippen LogP contribution in [0.25, 0.3) is 0 Å². The van der Waals surface area contributed by atoms with E-state index in [0.29, 0.717) is 0 Å². The average molecular weight is 261 g/mol. The Balaban J connectivity index is 2.12. The van der Waals surface area contributed by atoms with Crippen LogP contribution in [0.5, 0.6) is 0 Å². The predicted molar refractivity (Wildman–Crippen MR) is 85.5 cm³/mol. The van der Waals surface area contributed by atoms with Crippen molar-refractivity contribution in [2.24, 2.45) is 0 Å². The van der Waals surface area contributed by atoms with Crippen molar-refractivity contribution >= 4 is 0 Å². The Kier molecular flexibility index (Phi) is 7.81. The summed E-state index contributed by atoms with van der Waals surface area (Å²) in [5.74, 6) is 0. The maximum atomic E-state index is 3.68. The van der Waals surface area contributed by atoms with Crippen LogP contribution in [0.2, 0.25) is 0 Å². The number of nitrogens with one attached hydrogen (secondary N) is 1. The molecule has 0 amide bonds. The molecule has 0 fully saturated rings. The fraction of sp³-hybridized carbons (Fsp3) is 0.667. The molecule has 0 aliphatic rings. The van der Waals surface area contributed by atoms with Gasteiger partial charge in [-0.25, -0.2) is 0 Å². The van der Waals surface area contributed by atoms with E-state index in [2.05, 4.69) is 56.4 Å². The van der Waals surface area contributed by atoms with Crippen LogP contribution in [0.4, 0.5) is 0 Å². The van der Waals surface area contributed by atoms with E-state index >= 15 is 0 Å². The first kappa shape index (κ1) is 16.2. The Bertz CT molecular complexity index is 316. The molecule has 19 heavy (non-hydrogen) atoms. The molecule has 0 unspecified atom stereocenters. The van der Waals surface area contributed by atoms with Crippen molar-refractivity contribution in [2.75, 3.05) is 6.54 Å². The normalized spacial score (nSPS) is 11.7. The van der Waals surface area contributed by atoms with Gasteiger partial charge in [-0.1, -0.05) is 75.8 Å². The largest absolute Gasteiger partial charge is 0.308 e. The molecule has 0 aromatic heterocycles. The molecule has 0 spiro atoms. The number of rotatable bonds is 10. The molecule has 0 saturated carbocycles. The van der Waals surface area contributed by atoms with Gasteiger partial charge in [0, 0.05) is 5.54 Å². The van der Waals surface area contributed by atoms with Crippen molar-refractivity contribution in [3.05, 3.63) is 35.9 Å². The smallest absolute Gasteiger partial charge is 0.0377 e. The number of benzene rings is 1. The number of hydrogen-bond donors (Lipinski definition) is 1. The van der Waals surface area contributed by atoms with Gasteiger partial charge in [0.25, 0.3) is 0 Å². The molecule has 0 aliphatic carbocycles. The van der Waals surface area contributed by atoms with Crippen LogP contribution < -0.4 is 5.32 Å². The van der Waals surface area contributed by atoms with E-state index in [-0.39, 0.29) is 5.54 Å². The third-order valence-corrected chi connectivity index (χ3v) is 3.84. The number of hydrogen-bond acceptors (Lipinski definition) is 1. The molecule has 1 heteroatoms. The van der Waals surface area contributed by atoms with Crippen LogP contribution in [0, 0.1) is 0 Å². The molecule has 108 valence electrons. The maximum Gasteiger partial charge on any atom is 0.0377 e. The van der Waals surface area contributed by atoms with Crippen LogP contribution in [-0.2, 0) is 5.54 Å². The molecule has 1 aromatic carbocycles. The van der Waals surface area contributed by atoms with Crippen LogP contribution in [-0.4, -0.2) is 6.54 Å². The van der Waals surface area contributed by atoms with Gasteiger partial charge in [-0.15, -0.1) is 0 Å². The first-order chi connectivity index (χ1) is 9.17. The van der Waals surface area contributed by atoms with Crippen molar-refractivity contribution in [3.8, 4) is 0 Å². The standard InChI is InChI=1S/C18H31N/c1-4-5-6-7-8-9-13-16-19-18(2,3)17-14-11-10-12-15-17/h10-12,14-15,19H,4-9,13,16H2,1-3H3. The van der Waals surface area contributed by atoms with Gasteiger partial charge in [-0.2, -0.15) is 0 Å². The minimum absolute atomic E-state index is 0.0868. The topological polar surface area (TPSA) is 12.0 Å². The van der Waals surface area contributed by atoms with Crippen LogP contribution in [0.15, 0.2) is 30.3 Å². The van der Waals surface area contributed by atoms with E-state index in [1.165, 1.54) is 50.5 Å². The monoisotopic (exact) mass is 261 g/mol. The maximum absolute atomic E-state index is 3.68. The molecule has 1 aromatic rings. The van der Waals surface area contributed by atoms with Crippen molar-refractivity contribution < 1.29 is 0 Å². The fourth-order valence-corrected chi connectivity index (χ4v) is 2.44. The predicted octanol–water partition coefficient (Wildman–Crippen LogP) is 5.26. The molecule has 0 saturated heterocycles. The lowest BCUT2D eigenvalue weighted by molar-refractivity contribution is 0.394. The lowest BCUT2D eigenvalue weighted by atomic mass is 9.94.